The van der Waals surface area contributed by atoms with E-state index in [1.54, 1.807) is 44.3 Å². The molecule has 1 amide bonds. The van der Waals surface area contributed by atoms with Crippen LogP contribution in [-0.4, -0.2) is 37.1 Å². The van der Waals surface area contributed by atoms with E-state index in [-0.39, 0.29) is 36.1 Å². The molecule has 2 aliphatic rings. The van der Waals surface area contributed by atoms with E-state index in [1.165, 1.54) is 4.90 Å². The normalized spacial score (nSPS) is 21.6. The van der Waals surface area contributed by atoms with Gasteiger partial charge in [0, 0.05) is 41.8 Å². The van der Waals surface area contributed by atoms with Crippen molar-refractivity contribution in [3.63, 3.8) is 0 Å². The molecular formula is C33H31NO5. The summed E-state index contributed by atoms with van der Waals surface area (Å²) in [6.45, 7) is 5.66. The number of para-hydroxylation sites is 1. The number of benzene rings is 3. The molecule has 39 heavy (non-hydrogen) atoms. The Bertz CT molecular complexity index is 1500. The SMILES string of the molecule is CCOC(=O)[C@@H]1C(C(=O)c2ccc(C)cc2)=C[C@@H](CC(=O)c2ccc(C)cc2)[C@@]12C(=O)N(C)c1ccccc12. The number of anilines is 1. The number of hydrogen-bond donors (Lipinski definition) is 0. The van der Waals surface area contributed by atoms with Gasteiger partial charge in [0.1, 0.15) is 11.3 Å². The lowest BCUT2D eigenvalue weighted by Gasteiger charge is -2.35. The molecule has 3 aromatic carbocycles. The molecule has 0 fully saturated rings. The first kappa shape index (κ1) is 26.3. The summed E-state index contributed by atoms with van der Waals surface area (Å²) < 4.78 is 5.51. The maximum Gasteiger partial charge on any atom is 0.315 e. The van der Waals surface area contributed by atoms with Crippen molar-refractivity contribution in [3.05, 3.63) is 112 Å². The summed E-state index contributed by atoms with van der Waals surface area (Å²) in [5.74, 6) is -3.41. The number of aryl methyl sites for hydroxylation is 2. The second kappa shape index (κ2) is 10.1. The molecule has 0 N–H and O–H groups in total. The number of allylic oxidation sites excluding steroid dienone is 1. The van der Waals surface area contributed by atoms with E-state index in [1.807, 2.05) is 62.4 Å². The molecule has 3 aromatic rings. The number of fused-ring (bicyclic) bond motifs is 2. The summed E-state index contributed by atoms with van der Waals surface area (Å²) in [5, 5.41) is 0. The minimum Gasteiger partial charge on any atom is -0.465 e. The van der Waals surface area contributed by atoms with Gasteiger partial charge < -0.3 is 9.64 Å². The molecule has 0 saturated heterocycles. The molecule has 1 heterocycles. The largest absolute Gasteiger partial charge is 0.465 e. The number of nitrogens with zero attached hydrogens (tertiary/aromatic N) is 1. The maximum atomic E-state index is 14.3. The van der Waals surface area contributed by atoms with Crippen molar-refractivity contribution in [2.75, 3.05) is 18.6 Å². The van der Waals surface area contributed by atoms with E-state index in [4.69, 9.17) is 4.74 Å². The van der Waals surface area contributed by atoms with E-state index in [0.29, 0.717) is 22.4 Å². The standard InChI is InChI=1S/C33H31NO5/c1-5-39-31(37)29-25(30(36)23-16-12-21(3)13-17-23)18-24(19-28(35)22-14-10-20(2)11-15-22)33(29)26-8-6-7-9-27(26)34(4)32(33)38/h6-18,24,29H,5,19H2,1-4H3/t24-,29-,33-/m0/s1. The van der Waals surface area contributed by atoms with E-state index in [9.17, 15) is 19.2 Å². The van der Waals surface area contributed by atoms with Gasteiger partial charge in [-0.1, -0.05) is 83.9 Å². The lowest BCUT2D eigenvalue weighted by atomic mass is 9.64. The number of esters is 1. The monoisotopic (exact) mass is 521 g/mol. The average molecular weight is 522 g/mol. The zero-order valence-electron chi connectivity index (χ0n) is 22.6. The highest BCUT2D eigenvalue weighted by atomic mass is 16.5. The van der Waals surface area contributed by atoms with E-state index in [0.717, 1.165) is 11.1 Å². The smallest absolute Gasteiger partial charge is 0.315 e. The van der Waals surface area contributed by atoms with Crippen LogP contribution in [0.1, 0.15) is 50.8 Å². The number of carbonyl (C=O) groups excluding carboxylic acids is 4. The topological polar surface area (TPSA) is 80.8 Å². The minimum atomic E-state index is -1.48. The van der Waals surface area contributed by atoms with Crippen LogP contribution in [0.5, 0.6) is 0 Å². The molecule has 5 rings (SSSR count). The molecule has 198 valence electrons. The van der Waals surface area contributed by atoms with Crippen LogP contribution in [-0.2, 0) is 19.7 Å². The van der Waals surface area contributed by atoms with Crippen LogP contribution in [0.15, 0.2) is 84.4 Å². The summed E-state index contributed by atoms with van der Waals surface area (Å²) in [7, 11) is 1.66. The number of Topliss-reactive ketones (excluding diaryl/α,β-unsaturated/α-hetero) is 2. The first-order chi connectivity index (χ1) is 18.7. The lowest BCUT2D eigenvalue weighted by Crippen LogP contribution is -2.51. The second-order valence-electron chi connectivity index (χ2n) is 10.4. The molecule has 0 unspecified atom stereocenters. The van der Waals surface area contributed by atoms with E-state index in [2.05, 4.69) is 0 Å². The Kier molecular flexibility index (Phi) is 6.81. The Morgan fingerprint density at radius 2 is 1.46 bits per heavy atom. The Balaban J connectivity index is 1.70. The molecule has 1 aliphatic heterocycles. The highest BCUT2D eigenvalue weighted by Crippen LogP contribution is 2.58. The van der Waals surface area contributed by atoms with Gasteiger partial charge in [-0.2, -0.15) is 0 Å². The molecule has 0 saturated carbocycles. The van der Waals surface area contributed by atoms with Crippen LogP contribution in [0.3, 0.4) is 0 Å². The maximum absolute atomic E-state index is 14.3. The van der Waals surface area contributed by atoms with Gasteiger partial charge in [0.05, 0.1) is 6.61 Å². The van der Waals surface area contributed by atoms with Crippen LogP contribution in [0.4, 0.5) is 5.69 Å². The summed E-state index contributed by atoms with van der Waals surface area (Å²) in [6, 6.07) is 21.6. The van der Waals surface area contributed by atoms with Crippen LogP contribution in [0, 0.1) is 25.7 Å². The minimum absolute atomic E-state index is 0.0441. The van der Waals surface area contributed by atoms with E-state index >= 15 is 0 Å². The number of rotatable bonds is 7. The van der Waals surface area contributed by atoms with Gasteiger partial charge in [0.15, 0.2) is 11.6 Å². The number of likely N-dealkylation sites (N-methyl/N-ethyl adjacent to an activating group) is 1. The Morgan fingerprint density at radius 3 is 2.08 bits per heavy atom. The van der Waals surface area contributed by atoms with Crippen LogP contribution >= 0.6 is 0 Å². The van der Waals surface area contributed by atoms with Crippen molar-refractivity contribution >= 4 is 29.1 Å². The highest BCUT2D eigenvalue weighted by molar-refractivity contribution is 6.18. The van der Waals surface area contributed by atoms with E-state index < -0.39 is 23.2 Å². The summed E-state index contributed by atoms with van der Waals surface area (Å²) >= 11 is 0. The van der Waals surface area contributed by atoms with Crippen molar-refractivity contribution in [1.82, 2.24) is 0 Å². The van der Waals surface area contributed by atoms with Gasteiger partial charge >= 0.3 is 5.97 Å². The molecule has 0 bridgehead atoms. The molecule has 6 heteroatoms. The van der Waals surface area contributed by atoms with Gasteiger partial charge in [-0.05, 0) is 32.4 Å². The van der Waals surface area contributed by atoms with Crippen LogP contribution < -0.4 is 4.90 Å². The Labute approximate surface area is 228 Å². The molecule has 1 aliphatic carbocycles. The van der Waals surface area contributed by atoms with Gasteiger partial charge in [-0.25, -0.2) is 0 Å². The van der Waals surface area contributed by atoms with Crippen molar-refractivity contribution in [2.45, 2.75) is 32.6 Å². The number of amides is 1. The molecule has 0 radical (unpaired) electrons. The second-order valence-corrected chi connectivity index (χ2v) is 10.4. The molecular weight excluding hydrogens is 490 g/mol. The third-order valence-electron chi connectivity index (χ3n) is 7.98. The number of hydrogen-bond acceptors (Lipinski definition) is 5. The molecule has 6 nitrogen and oxygen atoms in total. The van der Waals surface area contributed by atoms with Crippen molar-refractivity contribution in [2.24, 2.45) is 11.8 Å². The molecule has 1 spiro atoms. The fourth-order valence-corrected chi connectivity index (χ4v) is 6.05. The van der Waals surface area contributed by atoms with Crippen molar-refractivity contribution in [3.8, 4) is 0 Å². The third-order valence-corrected chi connectivity index (χ3v) is 7.98. The number of ether oxygens (including phenoxy) is 1. The number of carbonyl (C=O) groups is 4. The van der Waals surface area contributed by atoms with Crippen LogP contribution in [0.25, 0.3) is 0 Å². The van der Waals surface area contributed by atoms with Gasteiger partial charge in [0.25, 0.3) is 0 Å². The fourth-order valence-electron chi connectivity index (χ4n) is 6.05. The third kappa shape index (κ3) is 4.20. The van der Waals surface area contributed by atoms with Gasteiger partial charge in [-0.3, -0.25) is 19.2 Å². The van der Waals surface area contributed by atoms with Gasteiger partial charge in [-0.15, -0.1) is 0 Å². The summed E-state index contributed by atoms with van der Waals surface area (Å²) in [4.78, 5) is 57.1. The number of ketones is 2. The van der Waals surface area contributed by atoms with Crippen LogP contribution in [0.2, 0.25) is 0 Å². The van der Waals surface area contributed by atoms with Crippen molar-refractivity contribution < 1.29 is 23.9 Å². The zero-order valence-corrected chi connectivity index (χ0v) is 22.6. The highest BCUT2D eigenvalue weighted by Gasteiger charge is 2.66. The Morgan fingerprint density at radius 1 is 0.872 bits per heavy atom. The molecule has 3 atom stereocenters. The fraction of sp³-hybridized carbons (Fsp3) is 0.273. The summed E-state index contributed by atoms with van der Waals surface area (Å²) in [5.41, 5.74) is 2.94. The van der Waals surface area contributed by atoms with Gasteiger partial charge in [0.2, 0.25) is 5.91 Å². The summed E-state index contributed by atoms with van der Waals surface area (Å²) in [6.07, 6.45) is 1.64. The first-order valence-electron chi connectivity index (χ1n) is 13.2. The first-order valence-corrected chi connectivity index (χ1v) is 13.2. The average Bonchev–Trinajstić information content (AvgIpc) is 3.38. The lowest BCUT2D eigenvalue weighted by molar-refractivity contribution is -0.151. The molecule has 0 aromatic heterocycles. The predicted molar refractivity (Wildman–Crippen MR) is 149 cm³/mol. The zero-order chi connectivity index (χ0) is 27.9. The quantitative estimate of drug-likeness (QED) is 0.307. The van der Waals surface area contributed by atoms with Crippen molar-refractivity contribution in [1.29, 1.82) is 0 Å². The Hall–Kier alpha value is -4.32. The predicted octanol–water partition coefficient (Wildman–Crippen LogP) is 5.41.